The number of nitrogens with zero attached hydrogens (tertiary/aromatic N) is 6. The first-order valence-corrected chi connectivity index (χ1v) is 7.72. The molecule has 0 aliphatic rings. The summed E-state index contributed by atoms with van der Waals surface area (Å²) in [5.41, 5.74) is -0.226. The van der Waals surface area contributed by atoms with Crippen molar-refractivity contribution in [3.8, 4) is 23.3 Å². The molecule has 0 fully saturated rings. The van der Waals surface area contributed by atoms with Gasteiger partial charge in [-0.2, -0.15) is 13.2 Å². The molecule has 1 aromatic carbocycles. The van der Waals surface area contributed by atoms with E-state index in [1.807, 2.05) is 0 Å². The molecule has 0 amide bonds. The molecule has 7 nitrogen and oxygen atoms in total. The lowest BCUT2D eigenvalue weighted by Crippen LogP contribution is -2.05. The average molecular weight is 372 g/mol. The predicted molar refractivity (Wildman–Crippen MR) is 89.2 cm³/mol. The van der Waals surface area contributed by atoms with Gasteiger partial charge in [-0.3, -0.25) is 4.57 Å². The van der Waals surface area contributed by atoms with Gasteiger partial charge in [0.15, 0.2) is 17.5 Å². The number of aromatic nitrogens is 6. The molecule has 0 unspecified atom stereocenters. The zero-order chi connectivity index (χ0) is 19.0. The third kappa shape index (κ3) is 3.05. The van der Waals surface area contributed by atoms with Crippen LogP contribution in [0.15, 0.2) is 48.8 Å². The molecule has 4 aromatic rings. The summed E-state index contributed by atoms with van der Waals surface area (Å²) in [5, 5.41) is 7.98. The summed E-state index contributed by atoms with van der Waals surface area (Å²) < 4.78 is 45.7. The zero-order valence-corrected chi connectivity index (χ0v) is 13.8. The number of alkyl halides is 3. The van der Waals surface area contributed by atoms with E-state index in [1.54, 1.807) is 22.8 Å². The van der Waals surface area contributed by atoms with Crippen molar-refractivity contribution in [3.05, 3.63) is 54.4 Å². The summed E-state index contributed by atoms with van der Waals surface area (Å²) in [6, 6.07) is 8.15. The summed E-state index contributed by atoms with van der Waals surface area (Å²) in [5.74, 6) is 1.16. The fraction of sp³-hybridized carbons (Fsp3) is 0.118. The molecule has 0 N–H and O–H groups in total. The van der Waals surface area contributed by atoms with Crippen LogP contribution in [0.25, 0.3) is 28.5 Å². The largest absolute Gasteiger partial charge is 0.480 e. The monoisotopic (exact) mass is 372 g/mol. The summed E-state index contributed by atoms with van der Waals surface area (Å²) in [6.45, 7) is 0. The number of rotatable bonds is 3. The number of hydrogen-bond acceptors (Lipinski definition) is 6. The van der Waals surface area contributed by atoms with Crippen LogP contribution in [-0.2, 0) is 6.18 Å². The summed E-state index contributed by atoms with van der Waals surface area (Å²) in [4.78, 5) is 12.6. The highest BCUT2D eigenvalue weighted by Crippen LogP contribution is 2.33. The normalized spacial score (nSPS) is 11.7. The van der Waals surface area contributed by atoms with Crippen LogP contribution in [0.3, 0.4) is 0 Å². The molecule has 0 spiro atoms. The number of methoxy groups -OCH3 is 1. The molecule has 3 heterocycles. The number of hydrogen-bond donors (Lipinski definition) is 0. The fourth-order valence-electron chi connectivity index (χ4n) is 2.59. The van der Waals surface area contributed by atoms with Gasteiger partial charge in [0.05, 0.1) is 23.7 Å². The van der Waals surface area contributed by atoms with Crippen molar-refractivity contribution in [2.75, 3.05) is 7.11 Å². The van der Waals surface area contributed by atoms with Crippen LogP contribution >= 0.6 is 0 Å². The van der Waals surface area contributed by atoms with Crippen molar-refractivity contribution in [1.29, 1.82) is 0 Å². The second-order valence-corrected chi connectivity index (χ2v) is 5.48. The van der Waals surface area contributed by atoms with Gasteiger partial charge in [-0.15, -0.1) is 10.2 Å². The second-order valence-electron chi connectivity index (χ2n) is 5.48. The minimum Gasteiger partial charge on any atom is -0.480 e. The maximum Gasteiger partial charge on any atom is 0.416 e. The predicted octanol–water partition coefficient (Wildman–Crippen LogP) is 3.30. The van der Waals surface area contributed by atoms with E-state index in [0.717, 1.165) is 12.1 Å². The maximum absolute atomic E-state index is 13.1. The molecular weight excluding hydrogens is 361 g/mol. The van der Waals surface area contributed by atoms with Gasteiger partial charge in [0.25, 0.3) is 0 Å². The molecule has 136 valence electrons. The molecule has 10 heteroatoms. The van der Waals surface area contributed by atoms with Crippen molar-refractivity contribution in [1.82, 2.24) is 29.7 Å². The van der Waals surface area contributed by atoms with Crippen LogP contribution in [0.4, 0.5) is 13.2 Å². The molecule has 0 aliphatic heterocycles. The summed E-state index contributed by atoms with van der Waals surface area (Å²) in [7, 11) is 1.46. The van der Waals surface area contributed by atoms with E-state index in [9.17, 15) is 13.2 Å². The molecule has 0 aliphatic carbocycles. The van der Waals surface area contributed by atoms with E-state index in [4.69, 9.17) is 4.74 Å². The van der Waals surface area contributed by atoms with Gasteiger partial charge in [0.2, 0.25) is 5.88 Å². The molecule has 0 atom stereocenters. The molecule has 0 saturated carbocycles. The molecule has 0 bridgehead atoms. The van der Waals surface area contributed by atoms with Crippen molar-refractivity contribution < 1.29 is 17.9 Å². The van der Waals surface area contributed by atoms with Crippen LogP contribution < -0.4 is 4.74 Å². The highest BCUT2D eigenvalue weighted by Gasteiger charge is 2.31. The van der Waals surface area contributed by atoms with Crippen LogP contribution in [0, 0.1) is 0 Å². The van der Waals surface area contributed by atoms with E-state index in [-0.39, 0.29) is 17.2 Å². The van der Waals surface area contributed by atoms with Crippen LogP contribution in [0.2, 0.25) is 0 Å². The third-order valence-corrected chi connectivity index (χ3v) is 3.81. The van der Waals surface area contributed by atoms with Gasteiger partial charge >= 0.3 is 6.18 Å². The summed E-state index contributed by atoms with van der Waals surface area (Å²) >= 11 is 0. The molecule has 0 radical (unpaired) electrons. The molecular formula is C17H11F3N6O. The van der Waals surface area contributed by atoms with Crippen molar-refractivity contribution in [2.45, 2.75) is 6.18 Å². The Morgan fingerprint density at radius 2 is 1.78 bits per heavy atom. The van der Waals surface area contributed by atoms with Gasteiger partial charge in [-0.25, -0.2) is 15.0 Å². The minimum atomic E-state index is -4.47. The Morgan fingerprint density at radius 1 is 1.00 bits per heavy atom. The van der Waals surface area contributed by atoms with Gasteiger partial charge < -0.3 is 4.74 Å². The number of fused-ring (bicyclic) bond motifs is 1. The smallest absolute Gasteiger partial charge is 0.416 e. The minimum absolute atomic E-state index is 0.143. The Balaban J connectivity index is 1.98. The number of halogens is 3. The van der Waals surface area contributed by atoms with Crippen LogP contribution in [0.1, 0.15) is 5.56 Å². The average Bonchev–Trinajstić information content (AvgIpc) is 3.07. The van der Waals surface area contributed by atoms with Crippen LogP contribution in [0.5, 0.6) is 5.88 Å². The fourth-order valence-corrected chi connectivity index (χ4v) is 2.59. The SMILES string of the molecule is COc1ccc(-n2c(-c3ncccn3)nc3cc(C(F)(F)F)ccc32)nn1. The van der Waals surface area contributed by atoms with E-state index in [0.29, 0.717) is 17.2 Å². The van der Waals surface area contributed by atoms with Crippen molar-refractivity contribution in [2.24, 2.45) is 0 Å². The first kappa shape index (κ1) is 16.9. The highest BCUT2D eigenvalue weighted by atomic mass is 19.4. The quantitative estimate of drug-likeness (QED) is 0.549. The Labute approximate surface area is 150 Å². The van der Waals surface area contributed by atoms with Crippen molar-refractivity contribution >= 4 is 11.0 Å². The maximum atomic E-state index is 13.1. The van der Waals surface area contributed by atoms with E-state index < -0.39 is 11.7 Å². The summed E-state index contributed by atoms with van der Waals surface area (Å²) in [6.07, 6.45) is -1.43. The molecule has 0 saturated heterocycles. The Hall–Kier alpha value is -3.56. The van der Waals surface area contributed by atoms with E-state index >= 15 is 0 Å². The second kappa shape index (κ2) is 6.31. The number of imidazole rings is 1. The first-order valence-electron chi connectivity index (χ1n) is 7.72. The topological polar surface area (TPSA) is 78.6 Å². The lowest BCUT2D eigenvalue weighted by molar-refractivity contribution is -0.137. The number of benzene rings is 1. The zero-order valence-electron chi connectivity index (χ0n) is 13.8. The van der Waals surface area contributed by atoms with E-state index in [1.165, 1.54) is 25.6 Å². The van der Waals surface area contributed by atoms with Crippen LogP contribution in [-0.4, -0.2) is 36.8 Å². The van der Waals surface area contributed by atoms with Gasteiger partial charge in [-0.1, -0.05) is 0 Å². The molecule has 27 heavy (non-hydrogen) atoms. The van der Waals surface area contributed by atoms with Gasteiger partial charge in [0.1, 0.15) is 0 Å². The first-order chi connectivity index (χ1) is 13.0. The Bertz CT molecular complexity index is 1090. The third-order valence-electron chi connectivity index (χ3n) is 3.81. The Morgan fingerprint density at radius 3 is 2.41 bits per heavy atom. The molecule has 4 rings (SSSR count). The lowest BCUT2D eigenvalue weighted by Gasteiger charge is -2.08. The number of ether oxygens (including phenoxy) is 1. The van der Waals surface area contributed by atoms with Gasteiger partial charge in [-0.05, 0) is 30.3 Å². The highest BCUT2D eigenvalue weighted by molar-refractivity contribution is 5.82. The van der Waals surface area contributed by atoms with Crippen molar-refractivity contribution in [3.63, 3.8) is 0 Å². The van der Waals surface area contributed by atoms with E-state index in [2.05, 4.69) is 25.1 Å². The lowest BCUT2D eigenvalue weighted by atomic mass is 10.2. The molecule has 3 aromatic heterocycles. The van der Waals surface area contributed by atoms with Gasteiger partial charge in [0, 0.05) is 18.5 Å². The standard InChI is InChI=1S/C17H11F3N6O/c1-27-14-6-5-13(24-25-14)26-12-4-3-10(17(18,19)20)9-11(12)23-16(26)15-21-7-2-8-22-15/h2-9H,1H3. The Kier molecular flexibility index (Phi) is 3.94.